The zero-order valence-corrected chi connectivity index (χ0v) is 9.40. The van der Waals surface area contributed by atoms with Crippen molar-refractivity contribution in [2.45, 2.75) is 26.8 Å². The molecular weight excluding hydrogens is 200 g/mol. The maximum absolute atomic E-state index is 11.4. The smallest absolute Gasteiger partial charge is 0.307 e. The van der Waals surface area contributed by atoms with Crippen molar-refractivity contribution < 1.29 is 4.79 Å². The summed E-state index contributed by atoms with van der Waals surface area (Å²) in [6.07, 6.45) is 0.355. The van der Waals surface area contributed by atoms with E-state index in [1.54, 1.807) is 11.6 Å². The van der Waals surface area contributed by atoms with Gasteiger partial charge in [0.15, 0.2) is 0 Å². The number of nitrogens with zero attached hydrogens (tertiary/aromatic N) is 1. The number of carbonyl (C=O) groups excluding carboxylic acids is 1. The van der Waals surface area contributed by atoms with Gasteiger partial charge in [0.1, 0.15) is 0 Å². The van der Waals surface area contributed by atoms with Crippen molar-refractivity contribution in [1.82, 2.24) is 9.88 Å². The lowest BCUT2D eigenvalue weighted by atomic mass is 10.3. The molecule has 1 amide bonds. The lowest BCUT2D eigenvalue weighted by molar-refractivity contribution is -0.120. The number of rotatable bonds is 3. The molecule has 0 aromatic carbocycles. The molecule has 78 valence electrons. The van der Waals surface area contributed by atoms with Crippen molar-refractivity contribution in [1.29, 1.82) is 0 Å². The SMILES string of the molecule is CNC(=O)CCn1c(C)c(C)sc1=O. The largest absolute Gasteiger partial charge is 0.359 e. The number of nitrogens with one attached hydrogen (secondary N) is 1. The average molecular weight is 214 g/mol. The van der Waals surface area contributed by atoms with Crippen LogP contribution in [0, 0.1) is 13.8 Å². The highest BCUT2D eigenvalue weighted by Gasteiger charge is 2.08. The Balaban J connectivity index is 2.77. The molecule has 4 nitrogen and oxygen atoms in total. The van der Waals surface area contributed by atoms with E-state index in [0.29, 0.717) is 13.0 Å². The molecule has 0 saturated carbocycles. The summed E-state index contributed by atoms with van der Waals surface area (Å²) in [4.78, 5) is 23.4. The van der Waals surface area contributed by atoms with E-state index in [0.717, 1.165) is 10.6 Å². The number of hydrogen-bond acceptors (Lipinski definition) is 3. The first-order chi connectivity index (χ1) is 6.56. The lowest BCUT2D eigenvalue weighted by Gasteiger charge is -2.03. The second-order valence-electron chi connectivity index (χ2n) is 3.08. The van der Waals surface area contributed by atoms with Gasteiger partial charge in [-0.05, 0) is 13.8 Å². The molecule has 0 atom stereocenters. The molecule has 0 aliphatic rings. The number of aryl methyl sites for hydroxylation is 1. The van der Waals surface area contributed by atoms with Crippen molar-refractivity contribution in [3.05, 3.63) is 20.2 Å². The van der Waals surface area contributed by atoms with E-state index in [1.807, 2.05) is 13.8 Å². The predicted molar refractivity (Wildman–Crippen MR) is 56.7 cm³/mol. The van der Waals surface area contributed by atoms with Gasteiger partial charge < -0.3 is 9.88 Å². The summed E-state index contributed by atoms with van der Waals surface area (Å²) >= 11 is 1.23. The van der Waals surface area contributed by atoms with Gasteiger partial charge in [0, 0.05) is 30.6 Å². The first kappa shape index (κ1) is 11.0. The molecule has 0 saturated heterocycles. The van der Waals surface area contributed by atoms with Crippen LogP contribution in [-0.2, 0) is 11.3 Å². The Bertz CT molecular complexity index is 392. The van der Waals surface area contributed by atoms with Gasteiger partial charge in [0.25, 0.3) is 0 Å². The van der Waals surface area contributed by atoms with Gasteiger partial charge in [-0.2, -0.15) is 0 Å². The van der Waals surface area contributed by atoms with Gasteiger partial charge in [-0.1, -0.05) is 11.3 Å². The number of hydrogen-bond donors (Lipinski definition) is 1. The minimum absolute atomic E-state index is 0.0175. The van der Waals surface area contributed by atoms with E-state index in [2.05, 4.69) is 5.32 Å². The molecule has 0 aliphatic carbocycles. The van der Waals surface area contributed by atoms with Gasteiger partial charge in [-0.3, -0.25) is 9.59 Å². The molecule has 0 spiro atoms. The average Bonchev–Trinajstić information content (AvgIpc) is 2.39. The van der Waals surface area contributed by atoms with Crippen LogP contribution in [0.15, 0.2) is 4.79 Å². The highest BCUT2D eigenvalue weighted by atomic mass is 32.1. The van der Waals surface area contributed by atoms with E-state index in [9.17, 15) is 9.59 Å². The molecule has 5 heteroatoms. The van der Waals surface area contributed by atoms with Crippen molar-refractivity contribution in [2.24, 2.45) is 0 Å². The highest BCUT2D eigenvalue weighted by molar-refractivity contribution is 7.09. The van der Waals surface area contributed by atoms with Crippen molar-refractivity contribution in [3.8, 4) is 0 Å². The van der Waals surface area contributed by atoms with Crippen LogP contribution in [0.5, 0.6) is 0 Å². The summed E-state index contributed by atoms with van der Waals surface area (Å²) in [5.74, 6) is -0.0415. The van der Waals surface area contributed by atoms with Gasteiger partial charge in [0.05, 0.1) is 0 Å². The summed E-state index contributed by atoms with van der Waals surface area (Å²) < 4.78 is 1.65. The standard InChI is InChI=1S/C9H14N2O2S/c1-6-7(2)14-9(13)11(6)5-4-8(12)10-3/h4-5H2,1-3H3,(H,10,12). The molecule has 0 aliphatic heterocycles. The van der Waals surface area contributed by atoms with E-state index in [-0.39, 0.29) is 10.8 Å². The summed E-state index contributed by atoms with van der Waals surface area (Å²) in [5.41, 5.74) is 0.962. The number of amides is 1. The minimum Gasteiger partial charge on any atom is -0.359 e. The fraction of sp³-hybridized carbons (Fsp3) is 0.556. The normalized spacial score (nSPS) is 10.2. The zero-order chi connectivity index (χ0) is 10.7. The summed E-state index contributed by atoms with van der Waals surface area (Å²) in [6.45, 7) is 4.28. The third-order valence-corrected chi connectivity index (χ3v) is 3.21. The van der Waals surface area contributed by atoms with E-state index >= 15 is 0 Å². The molecule has 1 heterocycles. The van der Waals surface area contributed by atoms with Crippen molar-refractivity contribution in [3.63, 3.8) is 0 Å². The molecule has 1 aromatic rings. The molecule has 0 bridgehead atoms. The topological polar surface area (TPSA) is 51.1 Å². The Labute approximate surface area is 86.6 Å². The van der Waals surface area contributed by atoms with Crippen LogP contribution in [0.1, 0.15) is 17.0 Å². The molecule has 1 N–H and O–H groups in total. The Morgan fingerprint density at radius 3 is 2.57 bits per heavy atom. The van der Waals surface area contributed by atoms with Crippen LogP contribution in [0.4, 0.5) is 0 Å². The molecule has 0 radical (unpaired) electrons. The molecule has 1 rings (SSSR count). The summed E-state index contributed by atoms with van der Waals surface area (Å²) in [7, 11) is 1.59. The van der Waals surface area contributed by atoms with E-state index in [4.69, 9.17) is 0 Å². The second-order valence-corrected chi connectivity index (χ2v) is 4.25. The van der Waals surface area contributed by atoms with E-state index < -0.39 is 0 Å². The van der Waals surface area contributed by atoms with Crippen molar-refractivity contribution in [2.75, 3.05) is 7.05 Å². The van der Waals surface area contributed by atoms with Crippen LogP contribution in [0.25, 0.3) is 0 Å². The number of carbonyl (C=O) groups is 1. The van der Waals surface area contributed by atoms with Crippen LogP contribution in [0.3, 0.4) is 0 Å². The number of thiazole rings is 1. The molecule has 0 unspecified atom stereocenters. The first-order valence-corrected chi connectivity index (χ1v) is 5.25. The number of aromatic nitrogens is 1. The Morgan fingerprint density at radius 1 is 1.50 bits per heavy atom. The quantitative estimate of drug-likeness (QED) is 0.803. The third-order valence-electron chi connectivity index (χ3n) is 2.22. The second kappa shape index (κ2) is 4.41. The monoisotopic (exact) mass is 214 g/mol. The van der Waals surface area contributed by atoms with Gasteiger partial charge in [0.2, 0.25) is 5.91 Å². The predicted octanol–water partition coefficient (Wildman–Crippen LogP) is 0.663. The first-order valence-electron chi connectivity index (χ1n) is 4.43. The van der Waals surface area contributed by atoms with Gasteiger partial charge in [-0.25, -0.2) is 0 Å². The van der Waals surface area contributed by atoms with Crippen molar-refractivity contribution >= 4 is 17.2 Å². The Morgan fingerprint density at radius 2 is 2.14 bits per heavy atom. The van der Waals surface area contributed by atoms with Gasteiger partial charge >= 0.3 is 4.87 Å². The third kappa shape index (κ3) is 2.23. The van der Waals surface area contributed by atoms with Crippen LogP contribution in [0.2, 0.25) is 0 Å². The minimum atomic E-state index is -0.0415. The highest BCUT2D eigenvalue weighted by Crippen LogP contribution is 2.09. The van der Waals surface area contributed by atoms with E-state index in [1.165, 1.54) is 11.3 Å². The zero-order valence-electron chi connectivity index (χ0n) is 8.59. The fourth-order valence-electron chi connectivity index (χ4n) is 1.18. The maximum atomic E-state index is 11.4. The Hall–Kier alpha value is -1.10. The fourth-order valence-corrected chi connectivity index (χ4v) is 2.04. The molecular formula is C9H14N2O2S. The van der Waals surface area contributed by atoms with Crippen LogP contribution >= 0.6 is 11.3 Å². The summed E-state index contributed by atoms with van der Waals surface area (Å²) in [6, 6.07) is 0. The lowest BCUT2D eigenvalue weighted by Crippen LogP contribution is -2.23. The maximum Gasteiger partial charge on any atom is 0.307 e. The Kier molecular flexibility index (Phi) is 3.46. The van der Waals surface area contributed by atoms with Gasteiger partial charge in [-0.15, -0.1) is 0 Å². The summed E-state index contributed by atoms with van der Waals surface area (Å²) in [5, 5.41) is 2.53. The van der Waals surface area contributed by atoms with Crippen LogP contribution < -0.4 is 10.2 Å². The molecule has 1 aromatic heterocycles. The van der Waals surface area contributed by atoms with Crippen LogP contribution in [-0.4, -0.2) is 17.5 Å². The molecule has 14 heavy (non-hydrogen) atoms. The molecule has 0 fully saturated rings.